The van der Waals surface area contributed by atoms with Gasteiger partial charge in [0, 0.05) is 19.7 Å². The van der Waals surface area contributed by atoms with Gasteiger partial charge < -0.3 is 5.11 Å². The van der Waals surface area contributed by atoms with E-state index in [9.17, 15) is 5.11 Å². The van der Waals surface area contributed by atoms with E-state index in [2.05, 4.69) is 24.2 Å². The predicted octanol–water partition coefficient (Wildman–Crippen LogP) is 1.46. The number of rotatable bonds is 2. The molecule has 1 unspecified atom stereocenters. The molecule has 1 heterocycles. The summed E-state index contributed by atoms with van der Waals surface area (Å²) < 4.78 is 1.71. The number of aliphatic hydroxyl groups is 1. The molecule has 0 saturated heterocycles. The number of aromatic nitrogens is 3. The van der Waals surface area contributed by atoms with Crippen LogP contribution in [0.1, 0.15) is 32.4 Å². The lowest BCUT2D eigenvalue weighted by atomic mass is 9.75. The summed E-state index contributed by atoms with van der Waals surface area (Å²) in [5, 5.41) is 17.8. The molecule has 2 rings (SSSR count). The average molecular weight is 221 g/mol. The van der Waals surface area contributed by atoms with Crippen molar-refractivity contribution in [3.05, 3.63) is 23.5 Å². The average Bonchev–Trinajstić information content (AvgIpc) is 2.46. The lowest BCUT2D eigenvalue weighted by Gasteiger charge is -2.32. The van der Waals surface area contributed by atoms with Gasteiger partial charge in [0.05, 0.1) is 11.8 Å². The van der Waals surface area contributed by atoms with Gasteiger partial charge in [-0.2, -0.15) is 0 Å². The third-order valence-electron chi connectivity index (χ3n) is 2.95. The van der Waals surface area contributed by atoms with Crippen LogP contribution in [0.3, 0.4) is 0 Å². The molecule has 1 aromatic rings. The Morgan fingerprint density at radius 2 is 2.31 bits per heavy atom. The molecule has 1 N–H and O–H groups in total. The van der Waals surface area contributed by atoms with Gasteiger partial charge in [-0.3, -0.25) is 4.68 Å². The Morgan fingerprint density at radius 3 is 2.88 bits per heavy atom. The quantitative estimate of drug-likeness (QED) is 0.769. The van der Waals surface area contributed by atoms with Crippen LogP contribution in [-0.4, -0.2) is 26.2 Å². The van der Waals surface area contributed by atoms with Crippen LogP contribution in [0.2, 0.25) is 0 Å². The first kappa shape index (κ1) is 11.3. The molecule has 0 aliphatic heterocycles. The van der Waals surface area contributed by atoms with Crippen molar-refractivity contribution in [1.29, 1.82) is 0 Å². The van der Waals surface area contributed by atoms with Crippen molar-refractivity contribution in [2.24, 2.45) is 12.5 Å². The highest BCUT2D eigenvalue weighted by molar-refractivity contribution is 5.18. The fourth-order valence-corrected chi connectivity index (χ4v) is 2.47. The minimum atomic E-state index is -0.310. The van der Waals surface area contributed by atoms with Crippen LogP contribution in [0, 0.1) is 5.41 Å². The summed E-state index contributed by atoms with van der Waals surface area (Å²) in [6.45, 7) is 4.39. The smallest absolute Gasteiger partial charge is 0.0867 e. The van der Waals surface area contributed by atoms with Crippen molar-refractivity contribution in [3.8, 4) is 0 Å². The zero-order chi connectivity index (χ0) is 11.8. The summed E-state index contributed by atoms with van der Waals surface area (Å²) in [6, 6.07) is 0. The van der Waals surface area contributed by atoms with Crippen molar-refractivity contribution in [2.45, 2.75) is 39.2 Å². The Labute approximate surface area is 96.0 Å². The minimum Gasteiger partial charge on any atom is -0.389 e. The van der Waals surface area contributed by atoms with Gasteiger partial charge in [0.15, 0.2) is 0 Å². The Balaban J connectivity index is 2.10. The van der Waals surface area contributed by atoms with Gasteiger partial charge in [0.1, 0.15) is 0 Å². The van der Waals surface area contributed by atoms with Gasteiger partial charge >= 0.3 is 0 Å². The molecule has 0 aromatic carbocycles. The molecule has 16 heavy (non-hydrogen) atoms. The lowest BCUT2D eigenvalue weighted by molar-refractivity contribution is 0.138. The molecule has 0 saturated carbocycles. The standard InChI is InChI=1S/C12H19N3O/c1-12(2)6-9(5-11(16)7-12)4-10-8-15(3)14-13-10/h5,8,11,16H,4,6-7H2,1-3H3. The van der Waals surface area contributed by atoms with E-state index in [0.29, 0.717) is 0 Å². The topological polar surface area (TPSA) is 50.9 Å². The number of hydrogen-bond acceptors (Lipinski definition) is 3. The SMILES string of the molecule is Cn1cc(CC2=CC(O)CC(C)(C)C2)nn1. The van der Waals surface area contributed by atoms with Crippen LogP contribution >= 0.6 is 0 Å². The number of aliphatic hydroxyl groups excluding tert-OH is 1. The van der Waals surface area contributed by atoms with Crippen molar-refractivity contribution in [3.63, 3.8) is 0 Å². The summed E-state index contributed by atoms with van der Waals surface area (Å²) in [5.74, 6) is 0. The van der Waals surface area contributed by atoms with Gasteiger partial charge in [-0.25, -0.2) is 0 Å². The second-order valence-electron chi connectivity index (χ2n) is 5.50. The molecule has 1 atom stereocenters. The van der Waals surface area contributed by atoms with E-state index >= 15 is 0 Å². The number of nitrogens with zero attached hydrogens (tertiary/aromatic N) is 3. The molecule has 88 valence electrons. The number of aryl methyl sites for hydroxylation is 1. The van der Waals surface area contributed by atoms with E-state index in [1.807, 2.05) is 19.3 Å². The summed E-state index contributed by atoms with van der Waals surface area (Å²) in [6.07, 6.45) is 6.26. The van der Waals surface area contributed by atoms with E-state index < -0.39 is 0 Å². The highest BCUT2D eigenvalue weighted by Gasteiger charge is 2.27. The first-order valence-electron chi connectivity index (χ1n) is 5.67. The van der Waals surface area contributed by atoms with Gasteiger partial charge in [-0.1, -0.05) is 30.7 Å². The second kappa shape index (κ2) is 4.01. The monoisotopic (exact) mass is 221 g/mol. The molecule has 1 aromatic heterocycles. The van der Waals surface area contributed by atoms with Crippen LogP contribution in [0.5, 0.6) is 0 Å². The predicted molar refractivity (Wildman–Crippen MR) is 61.8 cm³/mol. The Kier molecular flexibility index (Phi) is 2.84. The van der Waals surface area contributed by atoms with Gasteiger partial charge in [-0.05, 0) is 18.3 Å². The maximum atomic E-state index is 9.78. The highest BCUT2D eigenvalue weighted by atomic mass is 16.3. The van der Waals surface area contributed by atoms with E-state index in [1.165, 1.54) is 5.57 Å². The molecule has 4 heteroatoms. The first-order valence-corrected chi connectivity index (χ1v) is 5.67. The van der Waals surface area contributed by atoms with E-state index in [0.717, 1.165) is 25.0 Å². The number of allylic oxidation sites excluding steroid dienone is 1. The highest BCUT2D eigenvalue weighted by Crippen LogP contribution is 2.36. The Morgan fingerprint density at radius 1 is 1.56 bits per heavy atom. The van der Waals surface area contributed by atoms with Gasteiger partial charge in [0.2, 0.25) is 0 Å². The van der Waals surface area contributed by atoms with Crippen LogP contribution < -0.4 is 0 Å². The van der Waals surface area contributed by atoms with E-state index in [4.69, 9.17) is 0 Å². The van der Waals surface area contributed by atoms with Crippen molar-refractivity contribution in [2.75, 3.05) is 0 Å². The Bertz CT molecular complexity index is 406. The second-order valence-corrected chi connectivity index (χ2v) is 5.50. The fraction of sp³-hybridized carbons (Fsp3) is 0.667. The first-order chi connectivity index (χ1) is 7.44. The Hall–Kier alpha value is -1.16. The molecular formula is C12H19N3O. The maximum absolute atomic E-state index is 9.78. The molecular weight excluding hydrogens is 202 g/mol. The fourth-order valence-electron chi connectivity index (χ4n) is 2.47. The molecule has 0 amide bonds. The van der Waals surface area contributed by atoms with Crippen molar-refractivity contribution < 1.29 is 5.11 Å². The zero-order valence-corrected chi connectivity index (χ0v) is 10.1. The minimum absolute atomic E-state index is 0.186. The van der Waals surface area contributed by atoms with E-state index in [-0.39, 0.29) is 11.5 Å². The summed E-state index contributed by atoms with van der Waals surface area (Å²) in [4.78, 5) is 0. The molecule has 0 fully saturated rings. The van der Waals surface area contributed by atoms with Crippen LogP contribution in [-0.2, 0) is 13.5 Å². The lowest BCUT2D eigenvalue weighted by Crippen LogP contribution is -2.25. The van der Waals surface area contributed by atoms with Crippen LogP contribution in [0.25, 0.3) is 0 Å². The third kappa shape index (κ3) is 2.70. The molecule has 4 nitrogen and oxygen atoms in total. The van der Waals surface area contributed by atoms with Crippen LogP contribution in [0.4, 0.5) is 0 Å². The normalized spacial score (nSPS) is 24.2. The largest absolute Gasteiger partial charge is 0.389 e. The molecule has 1 aliphatic rings. The van der Waals surface area contributed by atoms with Gasteiger partial charge in [-0.15, -0.1) is 5.10 Å². The zero-order valence-electron chi connectivity index (χ0n) is 10.1. The third-order valence-corrected chi connectivity index (χ3v) is 2.95. The summed E-state index contributed by atoms with van der Waals surface area (Å²) in [7, 11) is 1.87. The number of hydrogen-bond donors (Lipinski definition) is 1. The molecule has 0 bridgehead atoms. The van der Waals surface area contributed by atoms with Crippen LogP contribution in [0.15, 0.2) is 17.8 Å². The summed E-state index contributed by atoms with van der Waals surface area (Å²) in [5.41, 5.74) is 2.43. The summed E-state index contributed by atoms with van der Waals surface area (Å²) >= 11 is 0. The molecule has 1 aliphatic carbocycles. The molecule has 0 spiro atoms. The van der Waals surface area contributed by atoms with Crippen molar-refractivity contribution in [1.82, 2.24) is 15.0 Å². The maximum Gasteiger partial charge on any atom is 0.0867 e. The van der Waals surface area contributed by atoms with Crippen molar-refractivity contribution >= 4 is 0 Å². The van der Waals surface area contributed by atoms with E-state index in [1.54, 1.807) is 4.68 Å². The van der Waals surface area contributed by atoms with Gasteiger partial charge in [0.25, 0.3) is 0 Å². The molecule has 0 radical (unpaired) electrons.